The normalized spacial score (nSPS) is 12.4. The van der Waals surface area contributed by atoms with Gasteiger partial charge in [-0.2, -0.15) is 0 Å². The summed E-state index contributed by atoms with van der Waals surface area (Å²) in [6.45, 7) is 1.79. The number of hydrogen-bond donors (Lipinski definition) is 3. The van der Waals surface area contributed by atoms with Gasteiger partial charge >= 0.3 is 5.97 Å². The molecule has 1 atom stereocenters. The first-order valence-corrected chi connectivity index (χ1v) is 6.03. The first-order chi connectivity index (χ1) is 7.45. The predicted molar refractivity (Wildman–Crippen MR) is 63.8 cm³/mol. The number of rotatable bonds is 4. The van der Waals surface area contributed by atoms with Crippen LogP contribution in [0.5, 0.6) is 5.75 Å². The fourth-order valence-corrected chi connectivity index (χ4v) is 2.19. The number of carbonyl (C=O) groups is 1. The molecule has 0 aromatic heterocycles. The number of carboxylic acids is 1. The summed E-state index contributed by atoms with van der Waals surface area (Å²) in [6, 6.07) is 2.78. The molecule has 1 rings (SSSR count). The Bertz CT molecular complexity index is 406. The Kier molecular flexibility index (Phi) is 4.20. The van der Waals surface area contributed by atoms with E-state index in [1.165, 1.54) is 11.8 Å². The number of aliphatic carboxylic acids is 1. The minimum Gasteiger partial charge on any atom is -0.508 e. The molecule has 1 aromatic rings. The summed E-state index contributed by atoms with van der Waals surface area (Å²) >= 11 is 1.49. The highest BCUT2D eigenvalue weighted by molar-refractivity contribution is 7.98. The van der Waals surface area contributed by atoms with Crippen molar-refractivity contribution in [2.24, 2.45) is 5.73 Å². The van der Waals surface area contributed by atoms with E-state index in [0.29, 0.717) is 5.56 Å². The fraction of sp³-hybridized carbons (Fsp3) is 0.364. The van der Waals surface area contributed by atoms with Crippen LogP contribution in [0.15, 0.2) is 17.0 Å². The molecular weight excluding hydrogens is 226 g/mol. The van der Waals surface area contributed by atoms with Crippen molar-refractivity contribution in [2.45, 2.75) is 24.3 Å². The van der Waals surface area contributed by atoms with Crippen LogP contribution in [0.4, 0.5) is 0 Å². The highest BCUT2D eigenvalue weighted by Crippen LogP contribution is 2.32. The molecule has 88 valence electrons. The van der Waals surface area contributed by atoms with Gasteiger partial charge in [-0.05, 0) is 36.4 Å². The average Bonchev–Trinajstić information content (AvgIpc) is 2.20. The van der Waals surface area contributed by atoms with Gasteiger partial charge < -0.3 is 15.9 Å². The number of nitrogens with two attached hydrogens (primary N) is 1. The lowest BCUT2D eigenvalue weighted by atomic mass is 10.0. The molecule has 0 amide bonds. The summed E-state index contributed by atoms with van der Waals surface area (Å²) in [7, 11) is 0. The van der Waals surface area contributed by atoms with Crippen molar-refractivity contribution in [3.8, 4) is 5.75 Å². The van der Waals surface area contributed by atoms with E-state index in [4.69, 9.17) is 10.8 Å². The molecule has 0 aliphatic heterocycles. The number of carboxylic acid groups (broad SMARTS) is 1. The van der Waals surface area contributed by atoms with E-state index in [1.54, 1.807) is 13.0 Å². The van der Waals surface area contributed by atoms with Gasteiger partial charge in [0, 0.05) is 10.9 Å². The molecule has 0 saturated heterocycles. The average molecular weight is 241 g/mol. The minimum atomic E-state index is -0.945. The van der Waals surface area contributed by atoms with Crippen LogP contribution in [0.1, 0.15) is 23.6 Å². The molecule has 16 heavy (non-hydrogen) atoms. The Labute approximate surface area is 98.5 Å². The van der Waals surface area contributed by atoms with Gasteiger partial charge in [-0.15, -0.1) is 11.8 Å². The molecule has 0 spiro atoms. The Balaban J connectivity index is 3.10. The quantitative estimate of drug-likeness (QED) is 0.701. The van der Waals surface area contributed by atoms with E-state index in [9.17, 15) is 9.90 Å². The fourth-order valence-electron chi connectivity index (χ4n) is 1.45. The second-order valence-corrected chi connectivity index (χ2v) is 4.43. The third kappa shape index (κ3) is 2.90. The van der Waals surface area contributed by atoms with E-state index < -0.39 is 12.0 Å². The molecule has 4 N–H and O–H groups in total. The largest absolute Gasteiger partial charge is 0.508 e. The molecule has 0 bridgehead atoms. The van der Waals surface area contributed by atoms with Crippen LogP contribution in [0.2, 0.25) is 0 Å². The second kappa shape index (κ2) is 5.23. The number of thioether (sulfide) groups is 1. The van der Waals surface area contributed by atoms with Crippen molar-refractivity contribution in [2.75, 3.05) is 6.26 Å². The highest BCUT2D eigenvalue weighted by Gasteiger charge is 2.16. The molecule has 0 fully saturated rings. The van der Waals surface area contributed by atoms with Crippen LogP contribution in [0, 0.1) is 6.92 Å². The van der Waals surface area contributed by atoms with E-state index in [-0.39, 0.29) is 12.2 Å². The standard InChI is InChI=1S/C11H15NO3S/c1-6-3-10(16-2)7(4-9(6)13)8(12)5-11(14)15/h3-4,8,13H,5,12H2,1-2H3,(H,14,15). The Morgan fingerprint density at radius 1 is 1.56 bits per heavy atom. The van der Waals surface area contributed by atoms with Gasteiger partial charge in [0.15, 0.2) is 0 Å². The van der Waals surface area contributed by atoms with Crippen molar-refractivity contribution < 1.29 is 15.0 Å². The number of phenolic OH excluding ortho intramolecular Hbond substituents is 1. The van der Waals surface area contributed by atoms with Crippen LogP contribution >= 0.6 is 11.8 Å². The number of hydrogen-bond acceptors (Lipinski definition) is 4. The second-order valence-electron chi connectivity index (χ2n) is 3.59. The zero-order valence-electron chi connectivity index (χ0n) is 9.23. The van der Waals surface area contributed by atoms with Crippen molar-refractivity contribution in [1.82, 2.24) is 0 Å². The van der Waals surface area contributed by atoms with Gasteiger partial charge in [0.1, 0.15) is 5.75 Å². The van der Waals surface area contributed by atoms with Crippen LogP contribution in [0.25, 0.3) is 0 Å². The number of aromatic hydroxyl groups is 1. The third-order valence-corrected chi connectivity index (χ3v) is 3.14. The molecule has 0 saturated carbocycles. The van der Waals surface area contributed by atoms with Gasteiger partial charge in [0.2, 0.25) is 0 Å². The molecule has 1 aromatic carbocycles. The molecule has 0 radical (unpaired) electrons. The molecule has 0 heterocycles. The van der Waals surface area contributed by atoms with E-state index in [0.717, 1.165) is 10.5 Å². The smallest absolute Gasteiger partial charge is 0.305 e. The van der Waals surface area contributed by atoms with Gasteiger partial charge in [0.05, 0.1) is 6.42 Å². The first-order valence-electron chi connectivity index (χ1n) is 4.80. The first kappa shape index (κ1) is 12.9. The summed E-state index contributed by atoms with van der Waals surface area (Å²) in [6.07, 6.45) is 1.75. The van der Waals surface area contributed by atoms with E-state index >= 15 is 0 Å². The predicted octanol–water partition coefficient (Wildman–Crippen LogP) is 1.90. The third-order valence-electron chi connectivity index (χ3n) is 2.34. The Hall–Kier alpha value is -1.20. The lowest BCUT2D eigenvalue weighted by Gasteiger charge is -2.15. The lowest BCUT2D eigenvalue weighted by molar-refractivity contribution is -0.137. The summed E-state index contributed by atoms with van der Waals surface area (Å²) < 4.78 is 0. The van der Waals surface area contributed by atoms with Crippen molar-refractivity contribution in [3.63, 3.8) is 0 Å². The van der Waals surface area contributed by atoms with Crippen LogP contribution in [-0.4, -0.2) is 22.4 Å². The van der Waals surface area contributed by atoms with Crippen LogP contribution in [0.3, 0.4) is 0 Å². The molecule has 5 heteroatoms. The monoisotopic (exact) mass is 241 g/mol. The maximum Gasteiger partial charge on any atom is 0.305 e. The zero-order valence-corrected chi connectivity index (χ0v) is 10.0. The SMILES string of the molecule is CSc1cc(C)c(O)cc1C(N)CC(=O)O. The van der Waals surface area contributed by atoms with Crippen LogP contribution in [-0.2, 0) is 4.79 Å². The van der Waals surface area contributed by atoms with E-state index in [1.807, 2.05) is 12.3 Å². The molecule has 0 aliphatic rings. The maximum absolute atomic E-state index is 10.6. The van der Waals surface area contributed by atoms with Gasteiger partial charge in [-0.25, -0.2) is 0 Å². The number of phenols is 1. The summed E-state index contributed by atoms with van der Waals surface area (Å²) in [5.74, 6) is -0.798. The van der Waals surface area contributed by atoms with Crippen LogP contribution < -0.4 is 5.73 Å². The zero-order chi connectivity index (χ0) is 12.3. The highest BCUT2D eigenvalue weighted by atomic mass is 32.2. The van der Waals surface area contributed by atoms with Crippen molar-refractivity contribution in [1.29, 1.82) is 0 Å². The molecule has 1 unspecified atom stereocenters. The van der Waals surface area contributed by atoms with Crippen molar-refractivity contribution >= 4 is 17.7 Å². The molecule has 4 nitrogen and oxygen atoms in total. The number of aryl methyl sites for hydroxylation is 1. The minimum absolute atomic E-state index is 0.143. The number of benzene rings is 1. The van der Waals surface area contributed by atoms with Gasteiger partial charge in [0.25, 0.3) is 0 Å². The summed E-state index contributed by atoms with van der Waals surface area (Å²) in [5, 5.41) is 18.3. The topological polar surface area (TPSA) is 83.5 Å². The van der Waals surface area contributed by atoms with Gasteiger partial charge in [-0.3, -0.25) is 4.79 Å². The maximum atomic E-state index is 10.6. The summed E-state index contributed by atoms with van der Waals surface area (Å²) in [4.78, 5) is 11.5. The van der Waals surface area contributed by atoms with E-state index in [2.05, 4.69) is 0 Å². The summed E-state index contributed by atoms with van der Waals surface area (Å²) in [5.41, 5.74) is 7.22. The van der Waals surface area contributed by atoms with Gasteiger partial charge in [-0.1, -0.05) is 0 Å². The molecular formula is C11H15NO3S. The Morgan fingerprint density at radius 3 is 2.69 bits per heavy atom. The Morgan fingerprint density at radius 2 is 2.19 bits per heavy atom. The van der Waals surface area contributed by atoms with Crippen molar-refractivity contribution in [3.05, 3.63) is 23.3 Å². The molecule has 0 aliphatic carbocycles. The lowest BCUT2D eigenvalue weighted by Crippen LogP contribution is -2.15.